The molecule has 2 aromatic heterocycles. The third kappa shape index (κ3) is 4.57. The molecule has 0 radical (unpaired) electrons. The van der Waals surface area contributed by atoms with Gasteiger partial charge in [-0.1, -0.05) is 30.3 Å². The van der Waals surface area contributed by atoms with Crippen molar-refractivity contribution in [2.75, 3.05) is 7.05 Å². The molecule has 0 spiro atoms. The first kappa shape index (κ1) is 20.8. The van der Waals surface area contributed by atoms with Gasteiger partial charge >= 0.3 is 0 Å². The van der Waals surface area contributed by atoms with Gasteiger partial charge in [-0.15, -0.1) is 0 Å². The number of carbonyl (C=O) groups is 2. The van der Waals surface area contributed by atoms with E-state index in [1.807, 2.05) is 48.5 Å². The van der Waals surface area contributed by atoms with Crippen LogP contribution in [0.2, 0.25) is 0 Å². The summed E-state index contributed by atoms with van der Waals surface area (Å²) in [6, 6.07) is 22.6. The minimum absolute atomic E-state index is 0.0503. The highest BCUT2D eigenvalue weighted by molar-refractivity contribution is 5.95. The van der Waals surface area contributed by atoms with Gasteiger partial charge in [-0.3, -0.25) is 9.59 Å². The normalized spacial score (nSPS) is 13.0. The van der Waals surface area contributed by atoms with Crippen LogP contribution < -0.4 is 5.32 Å². The predicted molar refractivity (Wildman–Crippen MR) is 124 cm³/mol. The SMILES string of the molecule is CN(Cc1ccc(C(=O)NC2CC2)cc1)C(=O)c1cc(-c2ccco2)nn1-c1ccccc1. The summed E-state index contributed by atoms with van der Waals surface area (Å²) in [5, 5.41) is 7.61. The molecular weight excluding hydrogens is 416 g/mol. The highest BCUT2D eigenvalue weighted by Crippen LogP contribution is 2.23. The second-order valence-corrected chi connectivity index (χ2v) is 8.25. The number of rotatable bonds is 7. The molecule has 0 saturated heterocycles. The molecule has 0 bridgehead atoms. The molecule has 0 atom stereocenters. The lowest BCUT2D eigenvalue weighted by Crippen LogP contribution is -2.28. The first-order valence-corrected chi connectivity index (χ1v) is 10.9. The van der Waals surface area contributed by atoms with E-state index in [-0.39, 0.29) is 11.8 Å². The summed E-state index contributed by atoms with van der Waals surface area (Å²) >= 11 is 0. The summed E-state index contributed by atoms with van der Waals surface area (Å²) in [4.78, 5) is 27.2. The minimum atomic E-state index is -0.167. The molecule has 4 aromatic rings. The van der Waals surface area contributed by atoms with Crippen LogP contribution in [0.15, 0.2) is 83.5 Å². The number of nitrogens with zero attached hydrogens (tertiary/aromatic N) is 3. The van der Waals surface area contributed by atoms with Crippen LogP contribution in [-0.4, -0.2) is 39.6 Å². The van der Waals surface area contributed by atoms with Gasteiger partial charge in [0.1, 0.15) is 11.4 Å². The summed E-state index contributed by atoms with van der Waals surface area (Å²) in [6.07, 6.45) is 3.69. The Kier molecular flexibility index (Phi) is 5.52. The van der Waals surface area contributed by atoms with E-state index in [0.29, 0.717) is 35.3 Å². The van der Waals surface area contributed by atoms with Gasteiger partial charge in [0.25, 0.3) is 11.8 Å². The number of nitrogens with one attached hydrogen (secondary N) is 1. The lowest BCUT2D eigenvalue weighted by atomic mass is 10.1. The Morgan fingerprint density at radius 2 is 1.82 bits per heavy atom. The smallest absolute Gasteiger partial charge is 0.272 e. The summed E-state index contributed by atoms with van der Waals surface area (Å²) in [5.74, 6) is 0.381. The van der Waals surface area contributed by atoms with E-state index in [2.05, 4.69) is 10.4 Å². The second kappa shape index (κ2) is 8.78. The molecule has 7 nitrogen and oxygen atoms in total. The fraction of sp³-hybridized carbons (Fsp3) is 0.192. The lowest BCUT2D eigenvalue weighted by Gasteiger charge is -2.18. The van der Waals surface area contributed by atoms with E-state index in [9.17, 15) is 9.59 Å². The number of carbonyl (C=O) groups excluding carboxylic acids is 2. The average molecular weight is 441 g/mol. The first-order valence-electron chi connectivity index (χ1n) is 10.9. The van der Waals surface area contributed by atoms with E-state index in [0.717, 1.165) is 24.1 Å². The van der Waals surface area contributed by atoms with Gasteiger partial charge in [0.15, 0.2) is 5.76 Å². The number of hydrogen-bond acceptors (Lipinski definition) is 4. The Morgan fingerprint density at radius 3 is 2.48 bits per heavy atom. The Bertz CT molecular complexity index is 1260. The Hall–Kier alpha value is -4.13. The molecule has 1 aliphatic rings. The second-order valence-electron chi connectivity index (χ2n) is 8.25. The van der Waals surface area contributed by atoms with Crippen molar-refractivity contribution in [3.05, 3.63) is 95.9 Å². The highest BCUT2D eigenvalue weighted by Gasteiger charge is 2.24. The van der Waals surface area contributed by atoms with Crippen LogP contribution >= 0.6 is 0 Å². The molecule has 0 aliphatic heterocycles. The summed E-state index contributed by atoms with van der Waals surface area (Å²) in [5.41, 5.74) is 3.39. The first-order chi connectivity index (χ1) is 16.1. The fourth-order valence-corrected chi connectivity index (χ4v) is 3.64. The third-order valence-corrected chi connectivity index (χ3v) is 5.60. The summed E-state index contributed by atoms with van der Waals surface area (Å²) in [7, 11) is 1.75. The number of benzene rings is 2. The molecule has 33 heavy (non-hydrogen) atoms. The molecular formula is C26H24N4O3. The summed E-state index contributed by atoms with van der Waals surface area (Å²) < 4.78 is 7.13. The molecule has 1 fully saturated rings. The quantitative estimate of drug-likeness (QED) is 0.465. The van der Waals surface area contributed by atoms with E-state index in [4.69, 9.17) is 4.42 Å². The highest BCUT2D eigenvalue weighted by atomic mass is 16.3. The van der Waals surface area contributed by atoms with Gasteiger partial charge in [-0.05, 0) is 54.8 Å². The molecule has 166 valence electrons. The molecule has 1 aliphatic carbocycles. The molecule has 5 rings (SSSR count). The molecule has 1 saturated carbocycles. The maximum absolute atomic E-state index is 13.4. The van der Waals surface area contributed by atoms with Gasteiger partial charge in [0.05, 0.1) is 12.0 Å². The van der Waals surface area contributed by atoms with E-state index >= 15 is 0 Å². The van der Waals surface area contributed by atoms with Crippen molar-refractivity contribution in [3.8, 4) is 17.1 Å². The zero-order valence-corrected chi connectivity index (χ0v) is 18.3. The van der Waals surface area contributed by atoms with Crippen LogP contribution in [0.1, 0.15) is 39.3 Å². The van der Waals surface area contributed by atoms with Crippen molar-refractivity contribution in [3.63, 3.8) is 0 Å². The van der Waals surface area contributed by atoms with Crippen molar-refractivity contribution in [2.24, 2.45) is 0 Å². The molecule has 7 heteroatoms. The minimum Gasteiger partial charge on any atom is -0.463 e. The number of aromatic nitrogens is 2. The number of hydrogen-bond donors (Lipinski definition) is 1. The Balaban J connectivity index is 1.36. The molecule has 0 unspecified atom stereocenters. The largest absolute Gasteiger partial charge is 0.463 e. The van der Waals surface area contributed by atoms with Gasteiger partial charge in [-0.2, -0.15) is 5.10 Å². The Morgan fingerprint density at radius 1 is 1.06 bits per heavy atom. The van der Waals surface area contributed by atoms with Crippen LogP contribution in [0.3, 0.4) is 0 Å². The third-order valence-electron chi connectivity index (χ3n) is 5.60. The fourth-order valence-electron chi connectivity index (χ4n) is 3.64. The van der Waals surface area contributed by atoms with Crippen LogP contribution in [0, 0.1) is 0 Å². The van der Waals surface area contributed by atoms with Crippen molar-refractivity contribution in [1.29, 1.82) is 0 Å². The van der Waals surface area contributed by atoms with Crippen molar-refractivity contribution >= 4 is 11.8 Å². The molecule has 2 heterocycles. The Labute approximate surface area is 191 Å². The topological polar surface area (TPSA) is 80.4 Å². The van der Waals surface area contributed by atoms with E-state index < -0.39 is 0 Å². The van der Waals surface area contributed by atoms with E-state index in [1.54, 1.807) is 47.2 Å². The van der Waals surface area contributed by atoms with Crippen LogP contribution in [-0.2, 0) is 6.54 Å². The standard InChI is InChI=1S/C26H24N4O3/c1-29(17-18-9-11-19(12-10-18)25(31)27-20-13-14-20)26(32)23-16-22(24-8-5-15-33-24)28-30(23)21-6-3-2-4-7-21/h2-12,15-16,20H,13-14,17H2,1H3,(H,27,31). The predicted octanol–water partition coefficient (Wildman–Crippen LogP) is 4.30. The van der Waals surface area contributed by atoms with Crippen LogP contribution in [0.4, 0.5) is 0 Å². The van der Waals surface area contributed by atoms with Crippen molar-refractivity contribution < 1.29 is 14.0 Å². The molecule has 2 aromatic carbocycles. The van der Waals surface area contributed by atoms with Gasteiger partial charge in [-0.25, -0.2) is 4.68 Å². The zero-order chi connectivity index (χ0) is 22.8. The van der Waals surface area contributed by atoms with Crippen LogP contribution in [0.5, 0.6) is 0 Å². The number of furan rings is 1. The zero-order valence-electron chi connectivity index (χ0n) is 18.3. The van der Waals surface area contributed by atoms with E-state index in [1.165, 1.54) is 0 Å². The maximum atomic E-state index is 13.4. The van der Waals surface area contributed by atoms with Gasteiger partial charge in [0, 0.05) is 31.3 Å². The van der Waals surface area contributed by atoms with Gasteiger partial charge in [0.2, 0.25) is 0 Å². The van der Waals surface area contributed by atoms with Crippen LogP contribution in [0.25, 0.3) is 17.1 Å². The van der Waals surface area contributed by atoms with Crippen molar-refractivity contribution in [2.45, 2.75) is 25.4 Å². The number of amides is 2. The summed E-state index contributed by atoms with van der Waals surface area (Å²) in [6.45, 7) is 0.402. The van der Waals surface area contributed by atoms with Gasteiger partial charge < -0.3 is 14.6 Å². The monoisotopic (exact) mass is 440 g/mol. The number of para-hydroxylation sites is 1. The van der Waals surface area contributed by atoms with Crippen molar-refractivity contribution in [1.82, 2.24) is 20.0 Å². The lowest BCUT2D eigenvalue weighted by molar-refractivity contribution is 0.0775. The average Bonchev–Trinajstić information content (AvgIpc) is 3.31. The molecule has 1 N–H and O–H groups in total. The maximum Gasteiger partial charge on any atom is 0.272 e. The molecule has 2 amide bonds.